The lowest BCUT2D eigenvalue weighted by Gasteiger charge is -2.38. The van der Waals surface area contributed by atoms with Crippen molar-refractivity contribution in [2.45, 2.75) is 53.0 Å². The molecule has 2 rings (SSSR count). The van der Waals surface area contributed by atoms with Crippen LogP contribution in [0.2, 0.25) is 0 Å². The van der Waals surface area contributed by atoms with Crippen molar-refractivity contribution in [1.82, 2.24) is 4.90 Å². The predicted molar refractivity (Wildman–Crippen MR) is 88.9 cm³/mol. The van der Waals surface area contributed by atoms with Gasteiger partial charge in [-0.3, -0.25) is 4.79 Å². The number of benzene rings is 1. The number of hydrogen-bond acceptors (Lipinski definition) is 2. The second-order valence-electron chi connectivity index (χ2n) is 6.32. The van der Waals surface area contributed by atoms with Crippen LogP contribution in [0.3, 0.4) is 0 Å². The van der Waals surface area contributed by atoms with Gasteiger partial charge in [-0.15, -0.1) is 0 Å². The molecule has 1 saturated heterocycles. The molecule has 1 aliphatic heterocycles. The summed E-state index contributed by atoms with van der Waals surface area (Å²) in [5, 5.41) is 3.40. The Balaban J connectivity index is 2.14. The molecule has 1 aromatic carbocycles. The van der Waals surface area contributed by atoms with Crippen molar-refractivity contribution in [1.29, 1.82) is 0 Å². The Morgan fingerprint density at radius 1 is 1.38 bits per heavy atom. The molecule has 0 radical (unpaired) electrons. The van der Waals surface area contributed by atoms with Crippen molar-refractivity contribution in [2.24, 2.45) is 5.92 Å². The first-order valence-corrected chi connectivity index (χ1v) is 8.20. The van der Waals surface area contributed by atoms with Crippen molar-refractivity contribution in [2.75, 3.05) is 18.4 Å². The Kier molecular flexibility index (Phi) is 5.27. The van der Waals surface area contributed by atoms with E-state index in [1.807, 2.05) is 23.1 Å². The van der Waals surface area contributed by atoms with Crippen molar-refractivity contribution in [3.63, 3.8) is 0 Å². The number of aryl methyl sites for hydroxylation is 1. The summed E-state index contributed by atoms with van der Waals surface area (Å²) in [4.78, 5) is 14.8. The van der Waals surface area contributed by atoms with Gasteiger partial charge in [-0.25, -0.2) is 0 Å². The molecule has 1 amide bonds. The largest absolute Gasteiger partial charge is 0.385 e. The van der Waals surface area contributed by atoms with Gasteiger partial charge in [-0.05, 0) is 62.8 Å². The fourth-order valence-corrected chi connectivity index (χ4v) is 3.04. The monoisotopic (exact) mass is 288 g/mol. The number of carbonyl (C=O) groups is 1. The smallest absolute Gasteiger partial charge is 0.254 e. The first kappa shape index (κ1) is 15.9. The molecule has 0 aliphatic carbocycles. The number of nitrogens with zero attached hydrogens (tertiary/aromatic N) is 1. The van der Waals surface area contributed by atoms with Gasteiger partial charge in [0.15, 0.2) is 0 Å². The maximum atomic E-state index is 12.7. The minimum Gasteiger partial charge on any atom is -0.385 e. The van der Waals surface area contributed by atoms with Gasteiger partial charge in [0.2, 0.25) is 0 Å². The van der Waals surface area contributed by atoms with E-state index in [1.54, 1.807) is 0 Å². The summed E-state index contributed by atoms with van der Waals surface area (Å²) in [6, 6.07) is 6.35. The Morgan fingerprint density at radius 2 is 2.14 bits per heavy atom. The van der Waals surface area contributed by atoms with Gasteiger partial charge in [0.05, 0.1) is 0 Å². The highest BCUT2D eigenvalue weighted by atomic mass is 16.2. The van der Waals surface area contributed by atoms with Crippen LogP contribution < -0.4 is 5.32 Å². The molecule has 1 aliphatic rings. The number of likely N-dealkylation sites (tertiary alicyclic amines) is 1. The summed E-state index contributed by atoms with van der Waals surface area (Å²) in [6.07, 6.45) is 3.44. The summed E-state index contributed by atoms with van der Waals surface area (Å²) < 4.78 is 0. The number of carbonyl (C=O) groups excluding carboxylic acids is 1. The lowest BCUT2D eigenvalue weighted by atomic mass is 9.91. The van der Waals surface area contributed by atoms with Crippen molar-refractivity contribution >= 4 is 11.6 Å². The van der Waals surface area contributed by atoms with Crippen molar-refractivity contribution in [3.8, 4) is 0 Å². The SMILES string of the molecule is CCCNc1ccc(C(=O)N2CCCC(C)C2C)cc1C. The number of nitrogens with one attached hydrogen (secondary N) is 1. The molecule has 1 aromatic rings. The molecule has 0 saturated carbocycles. The molecular weight excluding hydrogens is 260 g/mol. The lowest BCUT2D eigenvalue weighted by Crippen LogP contribution is -2.46. The second kappa shape index (κ2) is 6.97. The van der Waals surface area contributed by atoms with E-state index in [0.717, 1.165) is 42.7 Å². The van der Waals surface area contributed by atoms with E-state index in [9.17, 15) is 4.79 Å². The quantitative estimate of drug-likeness (QED) is 0.905. The molecule has 3 nitrogen and oxygen atoms in total. The summed E-state index contributed by atoms with van der Waals surface area (Å²) >= 11 is 0. The number of amides is 1. The summed E-state index contributed by atoms with van der Waals surface area (Å²) in [5.74, 6) is 0.772. The highest BCUT2D eigenvalue weighted by Crippen LogP contribution is 2.25. The van der Waals surface area contributed by atoms with Crippen LogP contribution in [0.1, 0.15) is 56.0 Å². The molecule has 1 fully saturated rings. The number of rotatable bonds is 4. The van der Waals surface area contributed by atoms with E-state index in [4.69, 9.17) is 0 Å². The van der Waals surface area contributed by atoms with Gasteiger partial charge in [0.25, 0.3) is 5.91 Å². The minimum absolute atomic E-state index is 0.180. The number of anilines is 1. The average molecular weight is 288 g/mol. The third kappa shape index (κ3) is 3.58. The third-order valence-electron chi connectivity index (χ3n) is 4.67. The van der Waals surface area contributed by atoms with Gasteiger partial charge in [0.1, 0.15) is 0 Å². The van der Waals surface area contributed by atoms with Crippen molar-refractivity contribution < 1.29 is 4.79 Å². The fraction of sp³-hybridized carbons (Fsp3) is 0.611. The molecule has 2 unspecified atom stereocenters. The molecular formula is C18H28N2O. The topological polar surface area (TPSA) is 32.3 Å². The maximum Gasteiger partial charge on any atom is 0.254 e. The first-order chi connectivity index (χ1) is 10.0. The summed E-state index contributed by atoms with van der Waals surface area (Å²) in [7, 11) is 0. The Labute approximate surface area is 128 Å². The summed E-state index contributed by atoms with van der Waals surface area (Å²) in [6.45, 7) is 10.5. The Bertz CT molecular complexity index is 498. The van der Waals surface area contributed by atoms with Crippen LogP contribution in [0.15, 0.2) is 18.2 Å². The van der Waals surface area contributed by atoms with Crippen LogP contribution in [0, 0.1) is 12.8 Å². The van der Waals surface area contributed by atoms with E-state index in [0.29, 0.717) is 12.0 Å². The van der Waals surface area contributed by atoms with Gasteiger partial charge < -0.3 is 10.2 Å². The third-order valence-corrected chi connectivity index (χ3v) is 4.67. The molecule has 0 bridgehead atoms. The van der Waals surface area contributed by atoms with Gasteiger partial charge in [-0.2, -0.15) is 0 Å². The zero-order valence-corrected chi connectivity index (χ0v) is 13.8. The second-order valence-corrected chi connectivity index (χ2v) is 6.32. The molecule has 2 atom stereocenters. The first-order valence-electron chi connectivity index (χ1n) is 8.20. The zero-order valence-electron chi connectivity index (χ0n) is 13.8. The summed E-state index contributed by atoms with van der Waals surface area (Å²) in [5.41, 5.74) is 3.09. The van der Waals surface area contributed by atoms with Crippen LogP contribution in [0.5, 0.6) is 0 Å². The van der Waals surface area contributed by atoms with E-state index >= 15 is 0 Å². The van der Waals surface area contributed by atoms with E-state index in [1.165, 1.54) is 6.42 Å². The Morgan fingerprint density at radius 3 is 2.81 bits per heavy atom. The predicted octanol–water partition coefficient (Wildman–Crippen LogP) is 4.08. The molecule has 21 heavy (non-hydrogen) atoms. The van der Waals surface area contributed by atoms with Crippen LogP contribution in [0.25, 0.3) is 0 Å². The Hall–Kier alpha value is -1.51. The number of hydrogen-bond donors (Lipinski definition) is 1. The molecule has 0 spiro atoms. The number of piperidine rings is 1. The molecule has 1 N–H and O–H groups in total. The molecule has 0 aromatic heterocycles. The van der Waals surface area contributed by atoms with Crippen LogP contribution in [-0.4, -0.2) is 29.9 Å². The zero-order chi connectivity index (χ0) is 15.4. The van der Waals surface area contributed by atoms with Crippen LogP contribution in [-0.2, 0) is 0 Å². The van der Waals surface area contributed by atoms with Gasteiger partial charge in [0, 0.05) is 30.4 Å². The average Bonchev–Trinajstić information content (AvgIpc) is 2.48. The standard InChI is InChI=1S/C18H28N2O/c1-5-10-19-17-9-8-16(12-14(17)3)18(21)20-11-6-7-13(2)15(20)4/h8-9,12-13,15,19H,5-7,10-11H2,1-4H3. The molecule has 3 heteroatoms. The normalized spacial score (nSPS) is 22.2. The fourth-order valence-electron chi connectivity index (χ4n) is 3.04. The molecule has 116 valence electrons. The van der Waals surface area contributed by atoms with Crippen molar-refractivity contribution in [3.05, 3.63) is 29.3 Å². The lowest BCUT2D eigenvalue weighted by molar-refractivity contribution is 0.0551. The molecule has 1 heterocycles. The van der Waals surface area contributed by atoms with E-state index < -0.39 is 0 Å². The highest BCUT2D eigenvalue weighted by Gasteiger charge is 2.29. The van der Waals surface area contributed by atoms with Gasteiger partial charge in [-0.1, -0.05) is 13.8 Å². The van der Waals surface area contributed by atoms with Crippen LogP contribution >= 0.6 is 0 Å². The maximum absolute atomic E-state index is 12.7. The van der Waals surface area contributed by atoms with Gasteiger partial charge >= 0.3 is 0 Å². The van der Waals surface area contributed by atoms with Crippen LogP contribution in [0.4, 0.5) is 5.69 Å². The van der Waals surface area contributed by atoms with E-state index in [-0.39, 0.29) is 5.91 Å². The highest BCUT2D eigenvalue weighted by molar-refractivity contribution is 5.95. The minimum atomic E-state index is 0.180. The van der Waals surface area contributed by atoms with E-state index in [2.05, 4.69) is 33.0 Å².